The lowest BCUT2D eigenvalue weighted by Crippen LogP contribution is -2.41. The first-order chi connectivity index (χ1) is 9.45. The zero-order valence-corrected chi connectivity index (χ0v) is 11.1. The molecule has 11 heteroatoms. The molecule has 0 heterocycles. The molecule has 1 aromatic carbocycles. The molecule has 5 nitrogen and oxygen atoms in total. The average Bonchev–Trinajstić information content (AvgIpc) is 2.35. The predicted octanol–water partition coefficient (Wildman–Crippen LogP) is 1.46. The molecule has 3 N–H and O–H groups in total. The van der Waals surface area contributed by atoms with Gasteiger partial charge in [-0.1, -0.05) is 0 Å². The highest BCUT2D eigenvalue weighted by molar-refractivity contribution is 7.89. The Balaban J connectivity index is 2.81. The van der Waals surface area contributed by atoms with Crippen LogP contribution in [0.3, 0.4) is 0 Å². The molecule has 1 aromatic rings. The second-order valence-electron chi connectivity index (χ2n) is 3.90. The Hall–Kier alpha value is -1.46. The SMILES string of the molecule is NCC(F)(F)CNS(=O)(=O)c1ccc(OC(F)(F)F)cc1. The van der Waals surface area contributed by atoms with Crippen LogP contribution in [0.15, 0.2) is 29.2 Å². The summed E-state index contributed by atoms with van der Waals surface area (Å²) in [5.74, 6) is -4.05. The van der Waals surface area contributed by atoms with Crippen molar-refractivity contribution in [1.82, 2.24) is 4.72 Å². The highest BCUT2D eigenvalue weighted by atomic mass is 32.2. The molecule has 0 amide bonds. The molecule has 120 valence electrons. The van der Waals surface area contributed by atoms with Gasteiger partial charge in [0.2, 0.25) is 10.0 Å². The van der Waals surface area contributed by atoms with E-state index in [4.69, 9.17) is 5.73 Å². The number of nitrogens with two attached hydrogens (primary N) is 1. The molecule has 0 aliphatic heterocycles. The van der Waals surface area contributed by atoms with Crippen molar-refractivity contribution in [2.45, 2.75) is 17.2 Å². The minimum Gasteiger partial charge on any atom is -0.406 e. The van der Waals surface area contributed by atoms with Gasteiger partial charge in [-0.15, -0.1) is 13.2 Å². The molecule has 0 saturated carbocycles. The summed E-state index contributed by atoms with van der Waals surface area (Å²) in [4.78, 5) is -0.482. The van der Waals surface area contributed by atoms with Gasteiger partial charge in [0, 0.05) is 0 Å². The first kappa shape index (κ1) is 17.6. The van der Waals surface area contributed by atoms with E-state index in [2.05, 4.69) is 4.74 Å². The van der Waals surface area contributed by atoms with Crippen molar-refractivity contribution in [1.29, 1.82) is 0 Å². The van der Waals surface area contributed by atoms with Crippen LogP contribution in [0.1, 0.15) is 0 Å². The molecule has 0 fully saturated rings. The summed E-state index contributed by atoms with van der Waals surface area (Å²) in [6.07, 6.45) is -4.91. The number of hydrogen-bond donors (Lipinski definition) is 2. The van der Waals surface area contributed by atoms with E-state index in [-0.39, 0.29) is 0 Å². The van der Waals surface area contributed by atoms with Gasteiger partial charge in [0.1, 0.15) is 5.75 Å². The van der Waals surface area contributed by atoms with Crippen LogP contribution in [-0.2, 0) is 10.0 Å². The van der Waals surface area contributed by atoms with Gasteiger partial charge < -0.3 is 10.5 Å². The van der Waals surface area contributed by atoms with Gasteiger partial charge in [-0.2, -0.15) is 0 Å². The molecule has 1 rings (SSSR count). The molecule has 0 aliphatic carbocycles. The van der Waals surface area contributed by atoms with Crippen molar-refractivity contribution in [2.75, 3.05) is 13.1 Å². The van der Waals surface area contributed by atoms with Crippen LogP contribution in [0.5, 0.6) is 5.75 Å². The summed E-state index contributed by atoms with van der Waals surface area (Å²) in [5.41, 5.74) is 4.75. The van der Waals surface area contributed by atoms with Gasteiger partial charge in [0.25, 0.3) is 5.92 Å². The maximum Gasteiger partial charge on any atom is 0.573 e. The highest BCUT2D eigenvalue weighted by Crippen LogP contribution is 2.24. The molecule has 0 aliphatic rings. The molecule has 0 atom stereocenters. The number of nitrogens with one attached hydrogen (secondary N) is 1. The van der Waals surface area contributed by atoms with Crippen LogP contribution >= 0.6 is 0 Å². The molecular weight excluding hydrogens is 323 g/mol. The number of alkyl halides is 5. The third kappa shape index (κ3) is 5.81. The smallest absolute Gasteiger partial charge is 0.406 e. The van der Waals surface area contributed by atoms with E-state index in [9.17, 15) is 30.4 Å². The van der Waals surface area contributed by atoms with Crippen LogP contribution in [0.4, 0.5) is 22.0 Å². The van der Waals surface area contributed by atoms with Gasteiger partial charge in [0.05, 0.1) is 18.0 Å². The van der Waals surface area contributed by atoms with Gasteiger partial charge in [-0.3, -0.25) is 0 Å². The number of hydrogen-bond acceptors (Lipinski definition) is 4. The van der Waals surface area contributed by atoms with E-state index in [1.165, 1.54) is 0 Å². The van der Waals surface area contributed by atoms with Crippen molar-refractivity contribution in [3.8, 4) is 5.75 Å². The van der Waals surface area contributed by atoms with Crippen molar-refractivity contribution >= 4 is 10.0 Å². The minimum absolute atomic E-state index is 0.482. The topological polar surface area (TPSA) is 81.4 Å². The highest BCUT2D eigenvalue weighted by Gasteiger charge is 2.32. The van der Waals surface area contributed by atoms with E-state index < -0.39 is 46.0 Å². The largest absolute Gasteiger partial charge is 0.573 e. The molecule has 0 bridgehead atoms. The fraction of sp³-hybridized carbons (Fsp3) is 0.400. The minimum atomic E-state index is -4.91. The summed E-state index contributed by atoms with van der Waals surface area (Å²) in [6.45, 7) is -2.26. The second-order valence-corrected chi connectivity index (χ2v) is 5.67. The summed E-state index contributed by atoms with van der Waals surface area (Å²) in [7, 11) is -4.29. The molecule has 21 heavy (non-hydrogen) atoms. The van der Waals surface area contributed by atoms with Crippen LogP contribution < -0.4 is 15.2 Å². The first-order valence-corrected chi connectivity index (χ1v) is 6.87. The lowest BCUT2D eigenvalue weighted by atomic mass is 10.3. The van der Waals surface area contributed by atoms with E-state index in [1.807, 2.05) is 0 Å². The Morgan fingerprint density at radius 1 is 1.10 bits per heavy atom. The van der Waals surface area contributed by atoms with Gasteiger partial charge in [-0.05, 0) is 24.3 Å². The number of ether oxygens (including phenoxy) is 1. The molecule has 0 spiro atoms. The molecule has 0 unspecified atom stereocenters. The summed E-state index contributed by atoms with van der Waals surface area (Å²) in [6, 6.07) is 3.10. The molecule has 0 saturated heterocycles. The lowest BCUT2D eigenvalue weighted by Gasteiger charge is -2.15. The third-order valence-electron chi connectivity index (χ3n) is 2.19. The zero-order valence-electron chi connectivity index (χ0n) is 10.3. The number of benzene rings is 1. The monoisotopic (exact) mass is 334 g/mol. The first-order valence-electron chi connectivity index (χ1n) is 5.39. The molecule has 0 radical (unpaired) electrons. The summed E-state index contributed by atoms with van der Waals surface area (Å²) >= 11 is 0. The maximum atomic E-state index is 12.9. The normalized spacial score (nSPS) is 13.2. The van der Waals surface area contributed by atoms with Crippen molar-refractivity contribution in [3.63, 3.8) is 0 Å². The van der Waals surface area contributed by atoms with Crippen molar-refractivity contribution in [3.05, 3.63) is 24.3 Å². The van der Waals surface area contributed by atoms with Crippen LogP contribution in [-0.4, -0.2) is 33.8 Å². The third-order valence-corrected chi connectivity index (χ3v) is 3.60. The average molecular weight is 334 g/mol. The van der Waals surface area contributed by atoms with Crippen LogP contribution in [0, 0.1) is 0 Å². The Morgan fingerprint density at radius 3 is 2.05 bits per heavy atom. The number of halogens is 5. The Bertz CT molecular complexity index is 571. The fourth-order valence-corrected chi connectivity index (χ4v) is 2.24. The molecule has 0 aromatic heterocycles. The Kier molecular flexibility index (Phi) is 5.12. The summed E-state index contributed by atoms with van der Waals surface area (Å²) in [5, 5.41) is 0. The standard InChI is InChI=1S/C10H11F5N2O3S/c11-9(12,5-16)6-17-21(18,19)8-3-1-7(2-4-8)20-10(13,14)15/h1-4,17H,5-6,16H2. The quantitative estimate of drug-likeness (QED) is 0.772. The Labute approximate surface area is 116 Å². The Morgan fingerprint density at radius 2 is 1.62 bits per heavy atom. The van der Waals surface area contributed by atoms with Gasteiger partial charge >= 0.3 is 6.36 Å². The fourth-order valence-electron chi connectivity index (χ4n) is 1.18. The van der Waals surface area contributed by atoms with Gasteiger partial charge in [0.15, 0.2) is 0 Å². The molecular formula is C10H11F5N2O3S. The van der Waals surface area contributed by atoms with E-state index in [1.54, 1.807) is 4.72 Å². The van der Waals surface area contributed by atoms with E-state index >= 15 is 0 Å². The van der Waals surface area contributed by atoms with Crippen molar-refractivity contribution < 1.29 is 35.1 Å². The van der Waals surface area contributed by atoms with Gasteiger partial charge in [-0.25, -0.2) is 21.9 Å². The number of sulfonamides is 1. The zero-order chi connectivity index (χ0) is 16.3. The van der Waals surface area contributed by atoms with Crippen LogP contribution in [0.2, 0.25) is 0 Å². The predicted molar refractivity (Wildman–Crippen MR) is 62.3 cm³/mol. The lowest BCUT2D eigenvalue weighted by molar-refractivity contribution is -0.274. The van der Waals surface area contributed by atoms with Crippen LogP contribution in [0.25, 0.3) is 0 Å². The van der Waals surface area contributed by atoms with E-state index in [0.29, 0.717) is 0 Å². The number of rotatable bonds is 6. The van der Waals surface area contributed by atoms with E-state index in [0.717, 1.165) is 24.3 Å². The van der Waals surface area contributed by atoms with Crippen molar-refractivity contribution in [2.24, 2.45) is 5.73 Å². The maximum absolute atomic E-state index is 12.9. The summed E-state index contributed by atoms with van der Waals surface area (Å²) < 4.78 is 89.9. The second kappa shape index (κ2) is 6.12.